The maximum atomic E-state index is 11.6. The number of nitrogens with zero attached hydrogens (tertiary/aromatic N) is 4. The van der Waals surface area contributed by atoms with Gasteiger partial charge in [-0.3, -0.25) is 15.5 Å². The Bertz CT molecular complexity index is 792. The van der Waals surface area contributed by atoms with Crippen LogP contribution in [0.1, 0.15) is 23.6 Å². The minimum absolute atomic E-state index is 0.0221. The van der Waals surface area contributed by atoms with E-state index in [0.29, 0.717) is 0 Å². The van der Waals surface area contributed by atoms with Gasteiger partial charge in [-0.25, -0.2) is 14.6 Å². The lowest BCUT2D eigenvalue weighted by molar-refractivity contribution is -0.100. The van der Waals surface area contributed by atoms with Gasteiger partial charge < -0.3 is 25.8 Å². The molecule has 24 heavy (non-hydrogen) atoms. The quantitative estimate of drug-likeness (QED) is 0.331. The second-order valence-electron chi connectivity index (χ2n) is 5.57. The first kappa shape index (κ1) is 16.5. The number of rotatable bonds is 4. The zero-order valence-corrected chi connectivity index (χ0v) is 12.5. The summed E-state index contributed by atoms with van der Waals surface area (Å²) >= 11 is 0. The number of carbonyl (C=O) groups is 1. The van der Waals surface area contributed by atoms with Crippen molar-refractivity contribution in [2.75, 3.05) is 12.1 Å². The topological polar surface area (TPSA) is 189 Å². The Balaban J connectivity index is 2.23. The first-order valence-corrected chi connectivity index (χ1v) is 6.92. The summed E-state index contributed by atoms with van der Waals surface area (Å²) in [5, 5.41) is 43.0. The summed E-state index contributed by atoms with van der Waals surface area (Å²) in [7, 11) is 0. The third-order valence-corrected chi connectivity index (χ3v) is 3.98. The van der Waals surface area contributed by atoms with Crippen LogP contribution in [0.5, 0.6) is 0 Å². The van der Waals surface area contributed by atoms with Crippen molar-refractivity contribution in [2.24, 2.45) is 5.73 Å². The highest BCUT2D eigenvalue weighted by molar-refractivity contribution is 6.07. The number of hydrogen-bond acceptors (Lipinski definition) is 10. The van der Waals surface area contributed by atoms with E-state index in [9.17, 15) is 20.1 Å². The number of carbonyl (C=O) groups excluding carboxylic acids is 1. The molecule has 0 radical (unpaired) electrons. The van der Waals surface area contributed by atoms with E-state index < -0.39 is 36.6 Å². The van der Waals surface area contributed by atoms with E-state index in [1.807, 2.05) is 5.48 Å². The predicted octanol–water partition coefficient (Wildman–Crippen LogP) is -2.27. The zero-order valence-electron chi connectivity index (χ0n) is 12.5. The normalized spacial score (nSPS) is 30.0. The number of primary amides is 1. The maximum absolute atomic E-state index is 11.6. The van der Waals surface area contributed by atoms with Crippen LogP contribution in [0.4, 0.5) is 5.82 Å². The molecule has 7 N–H and O–H groups in total. The Kier molecular flexibility index (Phi) is 3.85. The number of ether oxygens (including phenoxy) is 1. The summed E-state index contributed by atoms with van der Waals surface area (Å²) in [4.78, 5) is 19.4. The number of nitrogens with two attached hydrogens (primary N) is 1. The third kappa shape index (κ3) is 2.20. The fraction of sp³-hybridized carbons (Fsp3) is 0.500. The largest absolute Gasteiger partial charge is 0.394 e. The number of aliphatic hydroxyl groups excluding tert-OH is 2. The monoisotopic (exact) mass is 340 g/mol. The lowest BCUT2D eigenvalue weighted by Gasteiger charge is -2.26. The van der Waals surface area contributed by atoms with Crippen LogP contribution in [0.3, 0.4) is 0 Å². The highest BCUT2D eigenvalue weighted by Crippen LogP contribution is 2.39. The Hall–Kier alpha value is -2.38. The molecular weight excluding hydrogens is 324 g/mol. The molecule has 3 heterocycles. The van der Waals surface area contributed by atoms with Crippen LogP contribution in [0.25, 0.3) is 11.0 Å². The molecule has 0 bridgehead atoms. The average molecular weight is 340 g/mol. The van der Waals surface area contributed by atoms with Gasteiger partial charge in [0, 0.05) is 0 Å². The molecule has 1 aliphatic rings. The highest BCUT2D eigenvalue weighted by atomic mass is 16.6. The Morgan fingerprint density at radius 2 is 2.25 bits per heavy atom. The SMILES string of the molecule is C[C@]1(O)C(n2nc(C(N)=O)c3c(NO)ncnc32)O[C@H](CO)[C@H]1O. The minimum Gasteiger partial charge on any atom is -0.394 e. The van der Waals surface area contributed by atoms with Gasteiger partial charge in [-0.2, -0.15) is 5.10 Å². The van der Waals surface area contributed by atoms with Gasteiger partial charge >= 0.3 is 0 Å². The van der Waals surface area contributed by atoms with Crippen LogP contribution in [0.2, 0.25) is 0 Å². The molecule has 1 amide bonds. The maximum Gasteiger partial charge on any atom is 0.270 e. The lowest BCUT2D eigenvalue weighted by Crippen LogP contribution is -2.44. The average Bonchev–Trinajstić information content (AvgIpc) is 3.04. The molecule has 130 valence electrons. The molecule has 4 atom stereocenters. The van der Waals surface area contributed by atoms with Crippen LogP contribution in [0, 0.1) is 0 Å². The molecular formula is C12H16N6O6. The summed E-state index contributed by atoms with van der Waals surface area (Å²) in [6, 6.07) is 0. The van der Waals surface area contributed by atoms with Crippen LogP contribution >= 0.6 is 0 Å². The van der Waals surface area contributed by atoms with Crippen molar-refractivity contribution in [1.82, 2.24) is 19.7 Å². The molecule has 1 fully saturated rings. The standard InChI is InChI=1S/C12H16N6O6/c1-12(22)7(20)4(2-19)24-11(12)18-10-5(6(16-18)8(13)21)9(17-23)14-3-15-10/h3-4,7,11,19-20,22-23H,2H2,1H3,(H2,13,21)(H,14,15,17)/t4-,7-,11?,12-/m1/s1. The fourth-order valence-electron chi connectivity index (χ4n) is 2.74. The number of aromatic nitrogens is 4. The molecule has 0 aliphatic carbocycles. The van der Waals surface area contributed by atoms with Crippen molar-refractivity contribution in [3.05, 3.63) is 12.0 Å². The molecule has 2 aromatic heterocycles. The summed E-state index contributed by atoms with van der Waals surface area (Å²) in [5.41, 5.74) is 5.04. The van der Waals surface area contributed by atoms with Crippen molar-refractivity contribution < 1.29 is 30.1 Å². The summed E-state index contributed by atoms with van der Waals surface area (Å²) in [6.07, 6.45) is -2.63. The Labute approximate surface area is 134 Å². The fourth-order valence-corrected chi connectivity index (χ4v) is 2.74. The molecule has 12 heteroatoms. The summed E-state index contributed by atoms with van der Waals surface area (Å²) in [5.74, 6) is -1.03. The van der Waals surface area contributed by atoms with Crippen LogP contribution in [-0.4, -0.2) is 70.6 Å². The Morgan fingerprint density at radius 3 is 2.79 bits per heavy atom. The van der Waals surface area contributed by atoms with Gasteiger partial charge in [-0.1, -0.05) is 0 Å². The van der Waals surface area contributed by atoms with Gasteiger partial charge in [0.25, 0.3) is 5.91 Å². The molecule has 1 unspecified atom stereocenters. The van der Waals surface area contributed by atoms with E-state index in [1.165, 1.54) is 6.92 Å². The van der Waals surface area contributed by atoms with Crippen LogP contribution in [0.15, 0.2) is 6.33 Å². The van der Waals surface area contributed by atoms with Gasteiger partial charge in [0.2, 0.25) is 0 Å². The van der Waals surface area contributed by atoms with E-state index >= 15 is 0 Å². The van der Waals surface area contributed by atoms with E-state index in [1.54, 1.807) is 0 Å². The van der Waals surface area contributed by atoms with Crippen molar-refractivity contribution in [3.63, 3.8) is 0 Å². The number of hydrogen-bond donors (Lipinski definition) is 6. The lowest BCUT2D eigenvalue weighted by atomic mass is 9.97. The number of aliphatic hydroxyl groups is 3. The molecule has 0 aromatic carbocycles. The van der Waals surface area contributed by atoms with Gasteiger partial charge in [0.1, 0.15) is 24.1 Å². The molecule has 1 saturated heterocycles. The van der Waals surface area contributed by atoms with Crippen molar-refractivity contribution in [3.8, 4) is 0 Å². The summed E-state index contributed by atoms with van der Waals surface area (Å²) < 4.78 is 6.51. The minimum atomic E-state index is -1.83. The van der Waals surface area contributed by atoms with Crippen LogP contribution < -0.4 is 11.2 Å². The molecule has 2 aromatic rings. The number of amides is 1. The van der Waals surface area contributed by atoms with E-state index in [0.717, 1.165) is 11.0 Å². The molecule has 0 spiro atoms. The molecule has 12 nitrogen and oxygen atoms in total. The van der Waals surface area contributed by atoms with Gasteiger partial charge in [-0.05, 0) is 6.92 Å². The zero-order chi connectivity index (χ0) is 17.6. The van der Waals surface area contributed by atoms with E-state index in [2.05, 4.69) is 15.1 Å². The number of anilines is 1. The molecule has 1 aliphatic heterocycles. The molecule has 3 rings (SSSR count). The van der Waals surface area contributed by atoms with Crippen LogP contribution in [-0.2, 0) is 4.74 Å². The van der Waals surface area contributed by atoms with Gasteiger partial charge in [0.05, 0.1) is 12.0 Å². The molecule has 0 saturated carbocycles. The smallest absolute Gasteiger partial charge is 0.270 e. The van der Waals surface area contributed by atoms with Gasteiger partial charge in [-0.15, -0.1) is 0 Å². The number of nitrogens with one attached hydrogen (secondary N) is 1. The second kappa shape index (κ2) is 5.61. The van der Waals surface area contributed by atoms with Crippen molar-refractivity contribution in [2.45, 2.75) is 31.0 Å². The van der Waals surface area contributed by atoms with Crippen molar-refractivity contribution >= 4 is 22.8 Å². The van der Waals surface area contributed by atoms with E-state index in [4.69, 9.17) is 15.7 Å². The first-order valence-electron chi connectivity index (χ1n) is 6.92. The third-order valence-electron chi connectivity index (χ3n) is 3.98. The Morgan fingerprint density at radius 1 is 1.54 bits per heavy atom. The predicted molar refractivity (Wildman–Crippen MR) is 76.9 cm³/mol. The second-order valence-corrected chi connectivity index (χ2v) is 5.57. The number of fused-ring (bicyclic) bond motifs is 1. The van der Waals surface area contributed by atoms with E-state index in [-0.39, 0.29) is 22.5 Å². The van der Waals surface area contributed by atoms with Gasteiger partial charge in [0.15, 0.2) is 23.4 Å². The first-order chi connectivity index (χ1) is 11.3. The van der Waals surface area contributed by atoms with Crippen molar-refractivity contribution in [1.29, 1.82) is 0 Å². The summed E-state index contributed by atoms with van der Waals surface area (Å²) in [6.45, 7) is 0.760. The highest BCUT2D eigenvalue weighted by Gasteiger charge is 2.54.